The first kappa shape index (κ1) is 15.6. The molecule has 4 heteroatoms. The summed E-state index contributed by atoms with van der Waals surface area (Å²) in [6, 6.07) is 6.48. The lowest BCUT2D eigenvalue weighted by atomic mass is 9.87. The van der Waals surface area contributed by atoms with Crippen LogP contribution in [0.15, 0.2) is 24.3 Å². The van der Waals surface area contributed by atoms with E-state index in [9.17, 15) is 9.18 Å². The van der Waals surface area contributed by atoms with E-state index in [0.717, 1.165) is 24.8 Å². The molecule has 1 rings (SSSR count). The molecule has 2 atom stereocenters. The van der Waals surface area contributed by atoms with Crippen molar-refractivity contribution >= 4 is 5.97 Å². The van der Waals surface area contributed by atoms with Gasteiger partial charge in [0.2, 0.25) is 0 Å². The highest BCUT2D eigenvalue weighted by Gasteiger charge is 2.29. The molecule has 0 aromatic heterocycles. The van der Waals surface area contributed by atoms with E-state index >= 15 is 0 Å². The lowest BCUT2D eigenvalue weighted by Gasteiger charge is -2.23. The van der Waals surface area contributed by atoms with E-state index in [1.54, 1.807) is 19.1 Å². The SMILES string of the molecule is CC(CCCc1ccc(F)cc1)CC(C)(N)C(=O)O. The minimum absolute atomic E-state index is 0.225. The zero-order valence-corrected chi connectivity index (χ0v) is 11.5. The molecule has 106 valence electrons. The van der Waals surface area contributed by atoms with Crippen LogP contribution >= 0.6 is 0 Å². The Morgan fingerprint density at radius 1 is 1.42 bits per heavy atom. The van der Waals surface area contributed by atoms with Gasteiger partial charge in [-0.15, -0.1) is 0 Å². The van der Waals surface area contributed by atoms with Gasteiger partial charge >= 0.3 is 5.97 Å². The molecule has 0 spiro atoms. The molecule has 3 nitrogen and oxygen atoms in total. The third kappa shape index (κ3) is 5.39. The van der Waals surface area contributed by atoms with E-state index in [1.165, 1.54) is 12.1 Å². The van der Waals surface area contributed by atoms with Crippen LogP contribution in [0.4, 0.5) is 4.39 Å². The van der Waals surface area contributed by atoms with Gasteiger partial charge in [-0.1, -0.05) is 25.5 Å². The predicted molar refractivity (Wildman–Crippen MR) is 73.3 cm³/mol. The van der Waals surface area contributed by atoms with Crippen molar-refractivity contribution in [1.82, 2.24) is 0 Å². The summed E-state index contributed by atoms with van der Waals surface area (Å²) in [5.41, 5.74) is 5.66. The number of hydrogen-bond donors (Lipinski definition) is 2. The van der Waals surface area contributed by atoms with E-state index in [2.05, 4.69) is 0 Å². The minimum Gasteiger partial charge on any atom is -0.480 e. The molecule has 0 amide bonds. The number of rotatable bonds is 7. The molecule has 0 aliphatic carbocycles. The van der Waals surface area contributed by atoms with Gasteiger partial charge in [-0.25, -0.2) is 4.39 Å². The van der Waals surface area contributed by atoms with E-state index in [1.807, 2.05) is 6.92 Å². The quantitative estimate of drug-likeness (QED) is 0.798. The molecule has 1 aromatic rings. The summed E-state index contributed by atoms with van der Waals surface area (Å²) < 4.78 is 12.7. The highest BCUT2D eigenvalue weighted by molar-refractivity contribution is 5.77. The first-order valence-corrected chi connectivity index (χ1v) is 6.58. The number of nitrogens with two attached hydrogens (primary N) is 1. The van der Waals surface area contributed by atoms with Crippen molar-refractivity contribution in [3.63, 3.8) is 0 Å². The monoisotopic (exact) mass is 267 g/mol. The maximum Gasteiger partial charge on any atom is 0.323 e. The third-order valence-electron chi connectivity index (χ3n) is 3.34. The largest absolute Gasteiger partial charge is 0.480 e. The number of carbonyl (C=O) groups is 1. The zero-order chi connectivity index (χ0) is 14.5. The van der Waals surface area contributed by atoms with E-state index in [-0.39, 0.29) is 11.7 Å². The molecule has 0 heterocycles. The number of benzene rings is 1. The standard InChI is InChI=1S/C15H22FNO2/c1-11(10-15(2,17)14(18)19)4-3-5-12-6-8-13(16)9-7-12/h6-9,11H,3-5,10,17H2,1-2H3,(H,18,19). The topological polar surface area (TPSA) is 63.3 Å². The van der Waals surface area contributed by atoms with Crippen LogP contribution in [0.1, 0.15) is 38.7 Å². The number of carboxylic acid groups (broad SMARTS) is 1. The maximum absolute atomic E-state index is 12.7. The zero-order valence-electron chi connectivity index (χ0n) is 11.5. The van der Waals surface area contributed by atoms with Crippen LogP contribution in [-0.4, -0.2) is 16.6 Å². The summed E-state index contributed by atoms with van der Waals surface area (Å²) in [5.74, 6) is -0.929. The summed E-state index contributed by atoms with van der Waals surface area (Å²) in [4.78, 5) is 10.9. The second-order valence-corrected chi connectivity index (χ2v) is 5.55. The molecule has 3 N–H and O–H groups in total. The van der Waals surface area contributed by atoms with E-state index in [4.69, 9.17) is 10.8 Å². The number of hydrogen-bond acceptors (Lipinski definition) is 2. The van der Waals surface area contributed by atoms with Gasteiger partial charge in [0, 0.05) is 0 Å². The van der Waals surface area contributed by atoms with Crippen LogP contribution in [0.2, 0.25) is 0 Å². The van der Waals surface area contributed by atoms with Gasteiger partial charge in [0.25, 0.3) is 0 Å². The number of halogens is 1. The fourth-order valence-electron chi connectivity index (χ4n) is 2.22. The molecule has 0 fully saturated rings. The Kier molecular flexibility index (Phi) is 5.48. The van der Waals surface area contributed by atoms with Gasteiger partial charge in [-0.2, -0.15) is 0 Å². The van der Waals surface area contributed by atoms with E-state index < -0.39 is 11.5 Å². The van der Waals surface area contributed by atoms with Crippen LogP contribution in [-0.2, 0) is 11.2 Å². The average Bonchev–Trinajstić information content (AvgIpc) is 2.31. The number of carboxylic acids is 1. The molecular weight excluding hydrogens is 245 g/mol. The Balaban J connectivity index is 2.33. The van der Waals surface area contributed by atoms with Gasteiger partial charge in [0.1, 0.15) is 11.4 Å². The fraction of sp³-hybridized carbons (Fsp3) is 0.533. The maximum atomic E-state index is 12.7. The first-order valence-electron chi connectivity index (χ1n) is 6.58. The van der Waals surface area contributed by atoms with Crippen LogP contribution in [0.25, 0.3) is 0 Å². The van der Waals surface area contributed by atoms with Crippen molar-refractivity contribution in [2.75, 3.05) is 0 Å². The van der Waals surface area contributed by atoms with Crippen LogP contribution < -0.4 is 5.73 Å². The van der Waals surface area contributed by atoms with E-state index in [0.29, 0.717) is 6.42 Å². The second-order valence-electron chi connectivity index (χ2n) is 5.55. The first-order chi connectivity index (χ1) is 8.81. The molecule has 0 radical (unpaired) electrons. The molecule has 0 aliphatic heterocycles. The van der Waals surface area contributed by atoms with Crippen LogP contribution in [0.3, 0.4) is 0 Å². The lowest BCUT2D eigenvalue weighted by Crippen LogP contribution is -2.46. The molecule has 2 unspecified atom stereocenters. The summed E-state index contributed by atoms with van der Waals surface area (Å²) >= 11 is 0. The number of aliphatic carboxylic acids is 1. The summed E-state index contributed by atoms with van der Waals surface area (Å²) in [6.45, 7) is 3.56. The normalized spacial score (nSPS) is 15.8. The predicted octanol–water partition coefficient (Wildman–Crippen LogP) is 2.98. The molecule has 0 aliphatic rings. The minimum atomic E-state index is -1.16. The number of aryl methyl sites for hydroxylation is 1. The molecule has 1 aromatic carbocycles. The smallest absolute Gasteiger partial charge is 0.323 e. The molecule has 0 saturated heterocycles. The van der Waals surface area contributed by atoms with Crippen LogP contribution in [0.5, 0.6) is 0 Å². The fourth-order valence-corrected chi connectivity index (χ4v) is 2.22. The summed E-state index contributed by atoms with van der Waals surface area (Å²) in [5, 5.41) is 8.96. The Hall–Kier alpha value is -1.42. The van der Waals surface area contributed by atoms with Gasteiger partial charge in [0.05, 0.1) is 0 Å². The van der Waals surface area contributed by atoms with Gasteiger partial charge < -0.3 is 10.8 Å². The van der Waals surface area contributed by atoms with Crippen molar-refractivity contribution in [2.24, 2.45) is 11.7 Å². The average molecular weight is 267 g/mol. The van der Waals surface area contributed by atoms with Crippen molar-refractivity contribution in [2.45, 2.75) is 45.1 Å². The van der Waals surface area contributed by atoms with Gasteiger partial charge in [0.15, 0.2) is 0 Å². The van der Waals surface area contributed by atoms with Crippen LogP contribution in [0, 0.1) is 11.7 Å². The summed E-state index contributed by atoms with van der Waals surface area (Å²) in [6.07, 6.45) is 3.20. The molecule has 0 saturated carbocycles. The highest BCUT2D eigenvalue weighted by atomic mass is 19.1. The van der Waals surface area contributed by atoms with Crippen molar-refractivity contribution in [3.05, 3.63) is 35.6 Å². The Morgan fingerprint density at radius 3 is 2.53 bits per heavy atom. The van der Waals surface area contributed by atoms with Crippen molar-refractivity contribution in [1.29, 1.82) is 0 Å². The Morgan fingerprint density at radius 2 is 2.00 bits per heavy atom. The van der Waals surface area contributed by atoms with Gasteiger partial charge in [-0.05, 0) is 49.8 Å². The Labute approximate surface area is 113 Å². The van der Waals surface area contributed by atoms with Crippen molar-refractivity contribution in [3.8, 4) is 0 Å². The second kappa shape index (κ2) is 6.66. The lowest BCUT2D eigenvalue weighted by molar-refractivity contribution is -0.143. The molecule has 19 heavy (non-hydrogen) atoms. The highest BCUT2D eigenvalue weighted by Crippen LogP contribution is 2.20. The van der Waals surface area contributed by atoms with Gasteiger partial charge in [-0.3, -0.25) is 4.79 Å². The molecule has 0 bridgehead atoms. The molecular formula is C15H22FNO2. The summed E-state index contributed by atoms with van der Waals surface area (Å²) in [7, 11) is 0. The Bertz CT molecular complexity index is 415. The third-order valence-corrected chi connectivity index (χ3v) is 3.34. The van der Waals surface area contributed by atoms with Crippen molar-refractivity contribution < 1.29 is 14.3 Å².